The summed E-state index contributed by atoms with van der Waals surface area (Å²) in [4.78, 5) is 6.49. The molecular formula is C24H25F3N2O3S2. The molecule has 3 aromatic rings. The molecule has 0 aliphatic carbocycles. The summed E-state index contributed by atoms with van der Waals surface area (Å²) in [5.41, 5.74) is 1.10. The predicted octanol–water partition coefficient (Wildman–Crippen LogP) is 5.59. The molecule has 0 unspecified atom stereocenters. The van der Waals surface area contributed by atoms with Crippen LogP contribution in [0.1, 0.15) is 36.6 Å². The van der Waals surface area contributed by atoms with Crippen LogP contribution in [0.4, 0.5) is 18.3 Å². The smallest absolute Gasteiger partial charge is 0.416 e. The molecule has 0 saturated carbocycles. The van der Waals surface area contributed by atoms with Gasteiger partial charge in [0.25, 0.3) is 0 Å². The zero-order chi connectivity index (χ0) is 24.3. The van der Waals surface area contributed by atoms with Gasteiger partial charge in [0.15, 0.2) is 15.0 Å². The topological polar surface area (TPSA) is 59.5 Å². The molecule has 1 aliphatic rings. The van der Waals surface area contributed by atoms with E-state index in [-0.39, 0.29) is 4.90 Å². The SMILES string of the molecule is CCOc1ccc(Cc2csc(N3CCC(S(=O)(=O)c4cccc(C(F)(F)F)c4)CC3)n2)cc1. The van der Waals surface area contributed by atoms with Gasteiger partial charge in [-0.3, -0.25) is 0 Å². The molecule has 0 N–H and O–H groups in total. The Labute approximate surface area is 201 Å². The molecule has 182 valence electrons. The number of aromatic nitrogens is 1. The molecule has 4 rings (SSSR count). The van der Waals surface area contributed by atoms with Gasteiger partial charge in [0, 0.05) is 24.9 Å². The van der Waals surface area contributed by atoms with Gasteiger partial charge in [-0.05, 0) is 55.7 Å². The van der Waals surface area contributed by atoms with Gasteiger partial charge in [-0.1, -0.05) is 18.2 Å². The number of halogens is 3. The highest BCUT2D eigenvalue weighted by molar-refractivity contribution is 7.92. The molecule has 2 heterocycles. The number of thiazole rings is 1. The molecule has 34 heavy (non-hydrogen) atoms. The second kappa shape index (κ2) is 9.95. The molecule has 0 atom stereocenters. The molecule has 1 saturated heterocycles. The van der Waals surface area contributed by atoms with Crippen LogP contribution in [0, 0.1) is 0 Å². The third-order valence-corrected chi connectivity index (χ3v) is 9.01. The first kappa shape index (κ1) is 24.5. The largest absolute Gasteiger partial charge is 0.494 e. The first-order valence-corrected chi connectivity index (χ1v) is 13.4. The number of piperidine rings is 1. The van der Waals surface area contributed by atoms with Crippen LogP contribution in [0.25, 0.3) is 0 Å². The maximum Gasteiger partial charge on any atom is 0.416 e. The Morgan fingerprint density at radius 3 is 2.47 bits per heavy atom. The summed E-state index contributed by atoms with van der Waals surface area (Å²) >= 11 is 1.51. The normalized spacial score (nSPS) is 15.5. The number of hydrogen-bond acceptors (Lipinski definition) is 6. The lowest BCUT2D eigenvalue weighted by atomic mass is 10.1. The number of sulfone groups is 1. The third-order valence-electron chi connectivity index (χ3n) is 5.80. The molecule has 0 radical (unpaired) electrons. The van der Waals surface area contributed by atoms with Crippen LogP contribution in [-0.4, -0.2) is 38.3 Å². The van der Waals surface area contributed by atoms with Gasteiger partial charge in [-0.25, -0.2) is 13.4 Å². The van der Waals surface area contributed by atoms with E-state index in [1.807, 2.05) is 41.5 Å². The number of ether oxygens (including phenoxy) is 1. The number of benzene rings is 2. The standard InChI is InChI=1S/C24H25F3N2O3S2/c1-2-32-20-8-6-17(7-9-20)14-19-16-33-23(28-19)29-12-10-21(11-13-29)34(30,31)22-5-3-4-18(15-22)24(25,26)27/h3-9,15-16,21H,2,10-14H2,1H3. The van der Waals surface area contributed by atoms with Crippen molar-refractivity contribution in [2.75, 3.05) is 24.6 Å². The fraction of sp³-hybridized carbons (Fsp3) is 0.375. The average Bonchev–Trinajstić information content (AvgIpc) is 3.29. The molecule has 5 nitrogen and oxygen atoms in total. The number of nitrogens with zero attached hydrogens (tertiary/aromatic N) is 2. The van der Waals surface area contributed by atoms with E-state index in [0.717, 1.165) is 40.3 Å². The highest BCUT2D eigenvalue weighted by atomic mass is 32.2. The zero-order valence-corrected chi connectivity index (χ0v) is 20.2. The summed E-state index contributed by atoms with van der Waals surface area (Å²) < 4.78 is 70.4. The molecule has 0 bridgehead atoms. The molecule has 1 fully saturated rings. The first-order valence-electron chi connectivity index (χ1n) is 11.0. The van der Waals surface area contributed by atoms with E-state index in [4.69, 9.17) is 9.72 Å². The zero-order valence-electron chi connectivity index (χ0n) is 18.6. The number of alkyl halides is 3. The van der Waals surface area contributed by atoms with Crippen LogP contribution in [0.3, 0.4) is 0 Å². The van der Waals surface area contributed by atoms with Gasteiger partial charge in [-0.2, -0.15) is 13.2 Å². The van der Waals surface area contributed by atoms with Crippen molar-refractivity contribution in [2.24, 2.45) is 0 Å². The lowest BCUT2D eigenvalue weighted by Crippen LogP contribution is -2.39. The van der Waals surface area contributed by atoms with Crippen molar-refractivity contribution < 1.29 is 26.3 Å². The van der Waals surface area contributed by atoms with Crippen molar-refractivity contribution in [3.8, 4) is 5.75 Å². The highest BCUT2D eigenvalue weighted by Crippen LogP contribution is 2.33. The van der Waals surface area contributed by atoms with Crippen LogP contribution < -0.4 is 9.64 Å². The quantitative estimate of drug-likeness (QED) is 0.415. The number of hydrogen-bond donors (Lipinski definition) is 0. The van der Waals surface area contributed by atoms with Gasteiger partial charge in [0.05, 0.1) is 28.0 Å². The van der Waals surface area contributed by atoms with Crippen LogP contribution in [-0.2, 0) is 22.4 Å². The summed E-state index contributed by atoms with van der Waals surface area (Å²) in [6.45, 7) is 3.53. The van der Waals surface area contributed by atoms with Crippen LogP contribution >= 0.6 is 11.3 Å². The van der Waals surface area contributed by atoms with E-state index in [1.54, 1.807) is 0 Å². The van der Waals surface area contributed by atoms with Crippen molar-refractivity contribution in [2.45, 2.75) is 42.5 Å². The lowest BCUT2D eigenvalue weighted by molar-refractivity contribution is -0.137. The van der Waals surface area contributed by atoms with Crippen molar-refractivity contribution in [1.82, 2.24) is 4.98 Å². The van der Waals surface area contributed by atoms with Crippen molar-refractivity contribution >= 4 is 26.3 Å². The Morgan fingerprint density at radius 2 is 1.82 bits per heavy atom. The number of rotatable bonds is 7. The van der Waals surface area contributed by atoms with E-state index >= 15 is 0 Å². The van der Waals surface area contributed by atoms with E-state index in [9.17, 15) is 21.6 Å². The van der Waals surface area contributed by atoms with Crippen LogP contribution in [0.2, 0.25) is 0 Å². The predicted molar refractivity (Wildman–Crippen MR) is 126 cm³/mol. The summed E-state index contributed by atoms with van der Waals surface area (Å²) in [6.07, 6.45) is -3.22. The van der Waals surface area contributed by atoms with Crippen molar-refractivity contribution in [3.05, 3.63) is 70.7 Å². The van der Waals surface area contributed by atoms with E-state index in [0.29, 0.717) is 39.0 Å². The summed E-state index contributed by atoms with van der Waals surface area (Å²) in [7, 11) is -3.85. The van der Waals surface area contributed by atoms with Gasteiger partial charge >= 0.3 is 6.18 Å². The average molecular weight is 511 g/mol. The fourth-order valence-corrected chi connectivity index (χ4v) is 6.66. The van der Waals surface area contributed by atoms with E-state index in [1.165, 1.54) is 17.4 Å². The minimum Gasteiger partial charge on any atom is -0.494 e. The monoisotopic (exact) mass is 510 g/mol. The van der Waals surface area contributed by atoms with E-state index in [2.05, 4.69) is 0 Å². The maximum absolute atomic E-state index is 13.0. The van der Waals surface area contributed by atoms with Crippen molar-refractivity contribution in [1.29, 1.82) is 0 Å². The fourth-order valence-electron chi connectivity index (χ4n) is 4.00. The van der Waals surface area contributed by atoms with Gasteiger partial charge in [0.2, 0.25) is 0 Å². The second-order valence-corrected chi connectivity index (χ2v) is 11.2. The molecule has 2 aromatic carbocycles. The molecule has 0 amide bonds. The highest BCUT2D eigenvalue weighted by Gasteiger charge is 2.35. The van der Waals surface area contributed by atoms with Gasteiger partial charge < -0.3 is 9.64 Å². The van der Waals surface area contributed by atoms with Gasteiger partial charge in [0.1, 0.15) is 5.75 Å². The Morgan fingerprint density at radius 1 is 1.12 bits per heavy atom. The molecule has 1 aromatic heterocycles. The second-order valence-electron chi connectivity index (χ2n) is 8.13. The third kappa shape index (κ3) is 5.55. The lowest BCUT2D eigenvalue weighted by Gasteiger charge is -2.31. The summed E-state index contributed by atoms with van der Waals surface area (Å²) in [5.74, 6) is 0.827. The first-order chi connectivity index (χ1) is 16.2. The van der Waals surface area contributed by atoms with Crippen LogP contribution in [0.15, 0.2) is 58.8 Å². The Kier molecular flexibility index (Phi) is 7.18. The van der Waals surface area contributed by atoms with E-state index < -0.39 is 26.8 Å². The Hall–Kier alpha value is -2.59. The molecular weight excluding hydrogens is 485 g/mol. The Bertz CT molecular complexity index is 1220. The number of anilines is 1. The van der Waals surface area contributed by atoms with Gasteiger partial charge in [-0.15, -0.1) is 11.3 Å². The minimum absolute atomic E-state index is 0.271. The van der Waals surface area contributed by atoms with Crippen LogP contribution in [0.5, 0.6) is 5.75 Å². The van der Waals surface area contributed by atoms with Crippen molar-refractivity contribution in [3.63, 3.8) is 0 Å². The molecule has 1 aliphatic heterocycles. The minimum atomic E-state index is -4.58. The summed E-state index contributed by atoms with van der Waals surface area (Å²) in [6, 6.07) is 11.9. The summed E-state index contributed by atoms with van der Waals surface area (Å²) in [5, 5.41) is 2.11. The Balaban J connectivity index is 1.38. The molecule has 0 spiro atoms. The maximum atomic E-state index is 13.0. The molecule has 10 heteroatoms.